The van der Waals surface area contributed by atoms with E-state index in [9.17, 15) is 9.90 Å². The molecule has 0 saturated heterocycles. The maximum absolute atomic E-state index is 11.4. The standard InChI is InChI=1S/C17H16O4/c1-20-15-9-8-13(11-16(15)21-2)14(17(18)19)10-12-6-4-3-5-7-12/h3-11H,1-2H3,(H,18,19)/p-1/b14-10+. The van der Waals surface area contributed by atoms with E-state index in [1.165, 1.54) is 14.2 Å². The van der Waals surface area contributed by atoms with Crippen LogP contribution in [0, 0.1) is 0 Å². The maximum Gasteiger partial charge on any atom is 0.161 e. The van der Waals surface area contributed by atoms with Crippen molar-refractivity contribution in [2.75, 3.05) is 14.2 Å². The van der Waals surface area contributed by atoms with E-state index >= 15 is 0 Å². The van der Waals surface area contributed by atoms with Gasteiger partial charge < -0.3 is 19.4 Å². The molecule has 0 aliphatic heterocycles. The SMILES string of the molecule is COc1ccc(/C(=C\c2ccccc2)C(=O)[O-])cc1OC. The number of benzene rings is 2. The second kappa shape index (κ2) is 6.61. The lowest BCUT2D eigenvalue weighted by Gasteiger charge is -2.13. The molecular formula is C17H15O4-. The number of hydrogen-bond donors (Lipinski definition) is 0. The predicted molar refractivity (Wildman–Crippen MR) is 78.9 cm³/mol. The van der Waals surface area contributed by atoms with E-state index in [0.717, 1.165) is 5.56 Å². The van der Waals surface area contributed by atoms with Crippen LogP contribution in [0.2, 0.25) is 0 Å². The van der Waals surface area contributed by atoms with Crippen molar-refractivity contribution in [2.24, 2.45) is 0 Å². The summed E-state index contributed by atoms with van der Waals surface area (Å²) in [5.74, 6) is -0.236. The fourth-order valence-electron chi connectivity index (χ4n) is 1.98. The van der Waals surface area contributed by atoms with Gasteiger partial charge in [-0.1, -0.05) is 36.4 Å². The zero-order valence-corrected chi connectivity index (χ0v) is 11.8. The van der Waals surface area contributed by atoms with Crippen molar-refractivity contribution in [3.63, 3.8) is 0 Å². The van der Waals surface area contributed by atoms with Gasteiger partial charge in [0.05, 0.1) is 20.2 Å². The Bertz CT molecular complexity index is 660. The van der Waals surface area contributed by atoms with Crippen molar-refractivity contribution in [3.8, 4) is 11.5 Å². The molecule has 2 aromatic rings. The van der Waals surface area contributed by atoms with E-state index in [4.69, 9.17) is 9.47 Å². The van der Waals surface area contributed by atoms with Gasteiger partial charge in [0, 0.05) is 5.57 Å². The van der Waals surface area contributed by atoms with Gasteiger partial charge in [-0.3, -0.25) is 0 Å². The highest BCUT2D eigenvalue weighted by Crippen LogP contribution is 2.30. The van der Waals surface area contributed by atoms with Crippen molar-refractivity contribution >= 4 is 17.6 Å². The second-order valence-corrected chi connectivity index (χ2v) is 4.33. The molecule has 2 aromatic carbocycles. The third-order valence-electron chi connectivity index (χ3n) is 3.03. The number of methoxy groups -OCH3 is 2. The zero-order chi connectivity index (χ0) is 15.2. The van der Waals surface area contributed by atoms with Crippen LogP contribution in [0.4, 0.5) is 0 Å². The summed E-state index contributed by atoms with van der Waals surface area (Å²) in [4.78, 5) is 11.4. The summed E-state index contributed by atoms with van der Waals surface area (Å²) in [6.45, 7) is 0. The molecule has 0 aromatic heterocycles. The van der Waals surface area contributed by atoms with Gasteiger partial charge in [-0.15, -0.1) is 0 Å². The molecule has 0 fully saturated rings. The number of rotatable bonds is 5. The van der Waals surface area contributed by atoms with Crippen molar-refractivity contribution in [3.05, 3.63) is 59.7 Å². The van der Waals surface area contributed by atoms with Crippen LogP contribution in [-0.2, 0) is 4.79 Å². The average molecular weight is 283 g/mol. The fourth-order valence-corrected chi connectivity index (χ4v) is 1.98. The average Bonchev–Trinajstić information content (AvgIpc) is 2.52. The predicted octanol–water partition coefficient (Wildman–Crippen LogP) is 1.99. The molecule has 0 amide bonds. The Labute approximate surface area is 123 Å². The minimum atomic E-state index is -1.24. The Morgan fingerprint density at radius 3 is 2.24 bits per heavy atom. The summed E-state index contributed by atoms with van der Waals surface area (Å²) in [5.41, 5.74) is 1.37. The first-order valence-corrected chi connectivity index (χ1v) is 6.36. The van der Waals surface area contributed by atoms with Crippen LogP contribution in [0.1, 0.15) is 11.1 Å². The molecule has 0 N–H and O–H groups in total. The fraction of sp³-hybridized carbons (Fsp3) is 0.118. The smallest absolute Gasteiger partial charge is 0.161 e. The van der Waals surface area contributed by atoms with Crippen LogP contribution >= 0.6 is 0 Å². The quantitative estimate of drug-likeness (QED) is 0.622. The molecule has 0 aliphatic carbocycles. The second-order valence-electron chi connectivity index (χ2n) is 4.33. The topological polar surface area (TPSA) is 58.6 Å². The van der Waals surface area contributed by atoms with Gasteiger partial charge in [0.2, 0.25) is 0 Å². The summed E-state index contributed by atoms with van der Waals surface area (Å²) in [6, 6.07) is 14.1. The number of carbonyl (C=O) groups is 1. The summed E-state index contributed by atoms with van der Waals surface area (Å²) in [7, 11) is 3.03. The summed E-state index contributed by atoms with van der Waals surface area (Å²) in [5, 5.41) is 11.4. The largest absolute Gasteiger partial charge is 0.545 e. The van der Waals surface area contributed by atoms with Gasteiger partial charge in [0.25, 0.3) is 0 Å². The molecule has 4 heteroatoms. The van der Waals surface area contributed by atoms with Gasteiger partial charge in [0.15, 0.2) is 11.5 Å². The zero-order valence-electron chi connectivity index (χ0n) is 11.8. The number of aliphatic carboxylic acids is 1. The van der Waals surface area contributed by atoms with E-state index in [2.05, 4.69) is 0 Å². The molecule has 0 bridgehead atoms. The van der Waals surface area contributed by atoms with Crippen LogP contribution in [-0.4, -0.2) is 20.2 Å². The number of carbonyl (C=O) groups excluding carboxylic acids is 1. The molecule has 0 saturated carbocycles. The van der Waals surface area contributed by atoms with Crippen molar-refractivity contribution < 1.29 is 19.4 Å². The Hall–Kier alpha value is -2.75. The highest BCUT2D eigenvalue weighted by molar-refractivity contribution is 6.19. The Morgan fingerprint density at radius 2 is 1.67 bits per heavy atom. The molecule has 0 heterocycles. The number of ether oxygens (including phenoxy) is 2. The van der Waals surface area contributed by atoms with Gasteiger partial charge in [-0.05, 0) is 29.3 Å². The molecular weight excluding hydrogens is 268 g/mol. The van der Waals surface area contributed by atoms with Crippen molar-refractivity contribution in [1.82, 2.24) is 0 Å². The molecule has 21 heavy (non-hydrogen) atoms. The molecule has 2 rings (SSSR count). The first-order valence-electron chi connectivity index (χ1n) is 6.36. The first kappa shape index (κ1) is 14.7. The van der Waals surface area contributed by atoms with Gasteiger partial charge in [-0.2, -0.15) is 0 Å². The Balaban J connectivity index is 2.49. The first-order chi connectivity index (χ1) is 10.2. The lowest BCUT2D eigenvalue weighted by molar-refractivity contribution is -0.295. The molecule has 4 nitrogen and oxygen atoms in total. The summed E-state index contributed by atoms with van der Waals surface area (Å²) >= 11 is 0. The number of hydrogen-bond acceptors (Lipinski definition) is 4. The number of carboxylic acids is 1. The van der Waals surface area contributed by atoms with Gasteiger partial charge in [-0.25, -0.2) is 0 Å². The molecule has 108 valence electrons. The minimum Gasteiger partial charge on any atom is -0.545 e. The van der Waals surface area contributed by atoms with Crippen molar-refractivity contribution in [1.29, 1.82) is 0 Å². The molecule has 0 unspecified atom stereocenters. The lowest BCUT2D eigenvalue weighted by atomic mass is 10.0. The molecule has 0 radical (unpaired) electrons. The van der Waals surface area contributed by atoms with Crippen molar-refractivity contribution in [2.45, 2.75) is 0 Å². The Kier molecular flexibility index (Phi) is 4.61. The van der Waals surface area contributed by atoms with Crippen LogP contribution in [0.3, 0.4) is 0 Å². The normalized spacial score (nSPS) is 11.0. The van der Waals surface area contributed by atoms with Gasteiger partial charge in [0.1, 0.15) is 0 Å². The van der Waals surface area contributed by atoms with E-state index < -0.39 is 5.97 Å². The highest BCUT2D eigenvalue weighted by atomic mass is 16.5. The molecule has 0 atom stereocenters. The molecule has 0 aliphatic rings. The van der Waals surface area contributed by atoms with Crippen LogP contribution < -0.4 is 14.6 Å². The summed E-state index contributed by atoms with van der Waals surface area (Å²) in [6.07, 6.45) is 1.57. The highest BCUT2D eigenvalue weighted by Gasteiger charge is 2.09. The third kappa shape index (κ3) is 3.42. The van der Waals surface area contributed by atoms with Crippen LogP contribution in [0.15, 0.2) is 48.5 Å². The van der Waals surface area contributed by atoms with Crippen LogP contribution in [0.25, 0.3) is 11.6 Å². The van der Waals surface area contributed by atoms with Crippen LogP contribution in [0.5, 0.6) is 11.5 Å². The summed E-state index contributed by atoms with van der Waals surface area (Å²) < 4.78 is 10.3. The lowest BCUT2D eigenvalue weighted by Crippen LogP contribution is -2.23. The monoisotopic (exact) mass is 283 g/mol. The van der Waals surface area contributed by atoms with E-state index in [1.807, 2.05) is 30.3 Å². The van der Waals surface area contributed by atoms with E-state index in [0.29, 0.717) is 17.1 Å². The Morgan fingerprint density at radius 1 is 1.00 bits per heavy atom. The maximum atomic E-state index is 11.4. The van der Waals surface area contributed by atoms with E-state index in [-0.39, 0.29) is 5.57 Å². The van der Waals surface area contributed by atoms with E-state index in [1.54, 1.807) is 24.3 Å². The molecule has 0 spiro atoms. The van der Waals surface area contributed by atoms with Gasteiger partial charge >= 0.3 is 0 Å². The minimum absolute atomic E-state index is 0.0853. The third-order valence-corrected chi connectivity index (χ3v) is 3.03. The number of carboxylic acid groups (broad SMARTS) is 1.